The number of nitrogens with zero attached hydrogens (tertiary/aromatic N) is 7. The molecule has 0 radical (unpaired) electrons. The zero-order valence-corrected chi connectivity index (χ0v) is 21.6. The number of hydrogen-bond donors (Lipinski definition) is 0. The zero-order valence-electron chi connectivity index (χ0n) is 21.6. The molecule has 192 valence electrons. The molecule has 0 saturated heterocycles. The van der Waals surface area contributed by atoms with E-state index in [1.807, 2.05) is 61.9 Å². The van der Waals surface area contributed by atoms with E-state index in [2.05, 4.69) is 38.5 Å². The van der Waals surface area contributed by atoms with E-state index >= 15 is 0 Å². The summed E-state index contributed by atoms with van der Waals surface area (Å²) in [5.74, 6) is 0.992. The van der Waals surface area contributed by atoms with E-state index in [-0.39, 0.29) is 11.8 Å². The Morgan fingerprint density at radius 1 is 0.946 bits per heavy atom. The topological polar surface area (TPSA) is 91.0 Å². The first-order chi connectivity index (χ1) is 18.0. The van der Waals surface area contributed by atoms with Crippen LogP contribution in [0.2, 0.25) is 0 Å². The van der Waals surface area contributed by atoms with Gasteiger partial charge < -0.3 is 9.64 Å². The maximum Gasteiger partial charge on any atom is 0.225 e. The van der Waals surface area contributed by atoms with Crippen molar-refractivity contribution in [3.63, 3.8) is 0 Å². The van der Waals surface area contributed by atoms with Crippen LogP contribution >= 0.6 is 0 Å². The molecule has 3 aromatic heterocycles. The third-order valence-electron chi connectivity index (χ3n) is 7.17. The molecule has 1 aliphatic carbocycles. The van der Waals surface area contributed by atoms with Gasteiger partial charge in [0.1, 0.15) is 0 Å². The Balaban J connectivity index is 1.22. The van der Waals surface area contributed by atoms with Crippen molar-refractivity contribution in [3.8, 4) is 33.6 Å². The van der Waals surface area contributed by atoms with Gasteiger partial charge in [0.05, 0.1) is 25.0 Å². The standard InChI is InChI=1S/C28H33N7O2/c1-33(11-12-37-3)28(36)20-7-9-26(10-8-20)35-19-25(17-32-35)23-14-29-27(30-15-23)22-6-4-5-21(13-22)24-16-31-34(2)18-24/h4-6,13-20,26H,7-12H2,1-3H3. The highest BCUT2D eigenvalue weighted by atomic mass is 16.5. The molecule has 0 atom stereocenters. The van der Waals surface area contributed by atoms with Gasteiger partial charge in [0.2, 0.25) is 5.91 Å². The zero-order chi connectivity index (χ0) is 25.8. The Morgan fingerprint density at radius 2 is 1.65 bits per heavy atom. The second-order valence-electron chi connectivity index (χ2n) is 9.75. The molecule has 0 aliphatic heterocycles. The largest absolute Gasteiger partial charge is 0.383 e. The van der Waals surface area contributed by atoms with Crippen LogP contribution < -0.4 is 0 Å². The first kappa shape index (κ1) is 24.8. The van der Waals surface area contributed by atoms with Crippen molar-refractivity contribution in [2.24, 2.45) is 13.0 Å². The van der Waals surface area contributed by atoms with Crippen LogP contribution in [0.3, 0.4) is 0 Å². The van der Waals surface area contributed by atoms with Gasteiger partial charge in [-0.1, -0.05) is 18.2 Å². The summed E-state index contributed by atoms with van der Waals surface area (Å²) in [5.41, 5.74) is 5.03. The molecule has 5 rings (SSSR count). The lowest BCUT2D eigenvalue weighted by Crippen LogP contribution is -2.37. The Labute approximate surface area is 217 Å². The van der Waals surface area contributed by atoms with Crippen LogP contribution in [0.15, 0.2) is 61.4 Å². The van der Waals surface area contributed by atoms with E-state index in [0.717, 1.165) is 53.5 Å². The molecule has 1 amide bonds. The summed E-state index contributed by atoms with van der Waals surface area (Å²) in [6, 6.07) is 8.48. The molecule has 1 aliphatic rings. The van der Waals surface area contributed by atoms with E-state index in [1.54, 1.807) is 16.7 Å². The van der Waals surface area contributed by atoms with Gasteiger partial charge in [-0.15, -0.1) is 0 Å². The summed E-state index contributed by atoms with van der Waals surface area (Å²) in [5, 5.41) is 8.89. The quantitative estimate of drug-likeness (QED) is 0.360. The smallest absolute Gasteiger partial charge is 0.225 e. The van der Waals surface area contributed by atoms with Crippen LogP contribution in [0, 0.1) is 5.92 Å². The number of methoxy groups -OCH3 is 1. The molecule has 9 heteroatoms. The van der Waals surface area contributed by atoms with E-state index < -0.39 is 0 Å². The van der Waals surface area contributed by atoms with Crippen LogP contribution in [0.1, 0.15) is 31.7 Å². The lowest BCUT2D eigenvalue weighted by atomic mass is 9.85. The lowest BCUT2D eigenvalue weighted by Gasteiger charge is -2.30. The van der Waals surface area contributed by atoms with Gasteiger partial charge in [-0.2, -0.15) is 10.2 Å². The fourth-order valence-corrected chi connectivity index (χ4v) is 4.96. The molecular formula is C28H33N7O2. The molecule has 1 fully saturated rings. The van der Waals surface area contributed by atoms with Gasteiger partial charge in [-0.25, -0.2) is 9.97 Å². The van der Waals surface area contributed by atoms with Crippen molar-refractivity contribution in [2.75, 3.05) is 27.3 Å². The monoisotopic (exact) mass is 499 g/mol. The molecule has 1 aromatic carbocycles. The van der Waals surface area contributed by atoms with E-state index in [9.17, 15) is 4.79 Å². The first-order valence-corrected chi connectivity index (χ1v) is 12.7. The van der Waals surface area contributed by atoms with Crippen LogP contribution in [0.5, 0.6) is 0 Å². The average molecular weight is 500 g/mol. The van der Waals surface area contributed by atoms with Crippen molar-refractivity contribution in [1.82, 2.24) is 34.4 Å². The van der Waals surface area contributed by atoms with E-state index in [4.69, 9.17) is 4.74 Å². The maximum atomic E-state index is 12.7. The van der Waals surface area contributed by atoms with Crippen LogP contribution in [0.4, 0.5) is 0 Å². The molecule has 0 N–H and O–H groups in total. The number of benzene rings is 1. The summed E-state index contributed by atoms with van der Waals surface area (Å²) in [7, 11) is 5.43. The molecule has 37 heavy (non-hydrogen) atoms. The maximum absolute atomic E-state index is 12.7. The molecule has 1 saturated carbocycles. The van der Waals surface area contributed by atoms with Gasteiger partial charge in [0.15, 0.2) is 5.82 Å². The highest BCUT2D eigenvalue weighted by molar-refractivity contribution is 5.78. The molecule has 0 unspecified atom stereocenters. The molecule has 3 heterocycles. The highest BCUT2D eigenvalue weighted by Crippen LogP contribution is 2.34. The summed E-state index contributed by atoms with van der Waals surface area (Å²) < 4.78 is 8.93. The van der Waals surface area contributed by atoms with Gasteiger partial charge in [0.25, 0.3) is 0 Å². The molecule has 4 aromatic rings. The SMILES string of the molecule is COCCN(C)C(=O)C1CCC(n2cc(-c3cnc(-c4cccc(-c5cnn(C)c5)c4)nc3)cn2)CC1. The summed E-state index contributed by atoms with van der Waals surface area (Å²) in [6.07, 6.45) is 15.1. The minimum atomic E-state index is 0.0886. The second-order valence-corrected chi connectivity index (χ2v) is 9.75. The number of aryl methyl sites for hydroxylation is 1. The number of ether oxygens (including phenoxy) is 1. The van der Waals surface area contributed by atoms with Gasteiger partial charge in [-0.3, -0.25) is 14.2 Å². The van der Waals surface area contributed by atoms with Crippen molar-refractivity contribution >= 4 is 5.91 Å². The first-order valence-electron chi connectivity index (χ1n) is 12.7. The second kappa shape index (κ2) is 11.0. The Bertz CT molecular complexity index is 1340. The summed E-state index contributed by atoms with van der Waals surface area (Å²) >= 11 is 0. The number of aromatic nitrogens is 6. The van der Waals surface area contributed by atoms with Crippen LogP contribution in [0.25, 0.3) is 33.6 Å². The van der Waals surface area contributed by atoms with Gasteiger partial charge >= 0.3 is 0 Å². The molecule has 0 bridgehead atoms. The normalized spacial score (nSPS) is 17.6. The van der Waals surface area contributed by atoms with Crippen molar-refractivity contribution < 1.29 is 9.53 Å². The van der Waals surface area contributed by atoms with Gasteiger partial charge in [-0.05, 0) is 37.3 Å². The Hall–Kier alpha value is -3.85. The fourth-order valence-electron chi connectivity index (χ4n) is 4.96. The molecule has 0 spiro atoms. The summed E-state index contributed by atoms with van der Waals surface area (Å²) in [4.78, 5) is 23.7. The average Bonchev–Trinajstić information content (AvgIpc) is 3.61. The minimum Gasteiger partial charge on any atom is -0.383 e. The van der Waals surface area contributed by atoms with E-state index in [0.29, 0.717) is 25.0 Å². The summed E-state index contributed by atoms with van der Waals surface area (Å²) in [6.45, 7) is 1.20. The number of rotatable bonds is 8. The fraction of sp³-hybridized carbons (Fsp3) is 0.393. The van der Waals surface area contributed by atoms with Crippen LogP contribution in [-0.4, -0.2) is 67.6 Å². The Morgan fingerprint density at radius 3 is 2.35 bits per heavy atom. The minimum absolute atomic E-state index is 0.0886. The third kappa shape index (κ3) is 5.61. The lowest BCUT2D eigenvalue weighted by molar-refractivity contribution is -0.136. The number of amides is 1. The third-order valence-corrected chi connectivity index (χ3v) is 7.17. The van der Waals surface area contributed by atoms with E-state index in [1.165, 1.54) is 0 Å². The highest BCUT2D eigenvalue weighted by Gasteiger charge is 2.29. The number of likely N-dealkylation sites (N-methyl/N-ethyl adjacent to an activating group) is 1. The number of carbonyl (C=O) groups is 1. The van der Waals surface area contributed by atoms with Crippen molar-refractivity contribution in [3.05, 3.63) is 61.4 Å². The molecule has 9 nitrogen and oxygen atoms in total. The number of carbonyl (C=O) groups excluding carboxylic acids is 1. The van der Waals surface area contributed by atoms with Crippen molar-refractivity contribution in [2.45, 2.75) is 31.7 Å². The van der Waals surface area contributed by atoms with Crippen LogP contribution in [-0.2, 0) is 16.6 Å². The van der Waals surface area contributed by atoms with Gasteiger partial charge in [0, 0.05) is 80.7 Å². The predicted molar refractivity (Wildman–Crippen MR) is 141 cm³/mol. The Kier molecular flexibility index (Phi) is 7.41. The van der Waals surface area contributed by atoms with Crippen molar-refractivity contribution in [1.29, 1.82) is 0 Å². The molecular weight excluding hydrogens is 466 g/mol. The number of hydrogen-bond acceptors (Lipinski definition) is 6. The predicted octanol–water partition coefficient (Wildman–Crippen LogP) is 4.24.